The summed E-state index contributed by atoms with van der Waals surface area (Å²) in [5, 5.41) is 4.37. The third kappa shape index (κ3) is 2.75. The molecule has 0 aliphatic rings. The SMILES string of the molecule is CC(CNc1nc2ccc(N)cc2s1)c1ccccc1. The summed E-state index contributed by atoms with van der Waals surface area (Å²) in [6, 6.07) is 16.3. The molecule has 1 atom stereocenters. The lowest BCUT2D eigenvalue weighted by atomic mass is 10.0. The van der Waals surface area contributed by atoms with Crippen LogP contribution in [0.15, 0.2) is 48.5 Å². The smallest absolute Gasteiger partial charge is 0.183 e. The number of rotatable bonds is 4. The molecular formula is C16H17N3S. The van der Waals surface area contributed by atoms with Gasteiger partial charge in [-0.05, 0) is 29.7 Å². The molecule has 102 valence electrons. The first-order valence-corrected chi connectivity index (χ1v) is 7.49. The van der Waals surface area contributed by atoms with E-state index in [1.165, 1.54) is 5.56 Å². The van der Waals surface area contributed by atoms with Gasteiger partial charge < -0.3 is 11.1 Å². The molecule has 3 rings (SSSR count). The summed E-state index contributed by atoms with van der Waals surface area (Å²) >= 11 is 1.65. The Hall–Kier alpha value is -2.07. The molecule has 3 aromatic rings. The monoisotopic (exact) mass is 283 g/mol. The third-order valence-electron chi connectivity index (χ3n) is 3.34. The molecule has 4 heteroatoms. The Balaban J connectivity index is 1.71. The molecule has 0 bridgehead atoms. The van der Waals surface area contributed by atoms with Gasteiger partial charge in [0.1, 0.15) is 0 Å². The van der Waals surface area contributed by atoms with Crippen LogP contribution in [0.3, 0.4) is 0 Å². The molecule has 0 spiro atoms. The molecule has 2 aromatic carbocycles. The lowest BCUT2D eigenvalue weighted by molar-refractivity contribution is 0.804. The van der Waals surface area contributed by atoms with Gasteiger partial charge in [0, 0.05) is 12.2 Å². The average molecular weight is 283 g/mol. The fourth-order valence-electron chi connectivity index (χ4n) is 2.16. The van der Waals surface area contributed by atoms with Gasteiger partial charge in [-0.2, -0.15) is 0 Å². The van der Waals surface area contributed by atoms with Crippen molar-refractivity contribution < 1.29 is 0 Å². The molecule has 0 radical (unpaired) electrons. The predicted octanol–water partition coefficient (Wildman–Crippen LogP) is 4.09. The van der Waals surface area contributed by atoms with Gasteiger partial charge in [-0.1, -0.05) is 48.6 Å². The van der Waals surface area contributed by atoms with Gasteiger partial charge in [0.15, 0.2) is 5.13 Å². The second kappa shape index (κ2) is 5.51. The van der Waals surface area contributed by atoms with Crippen LogP contribution >= 0.6 is 11.3 Å². The van der Waals surface area contributed by atoms with Crippen molar-refractivity contribution in [3.05, 3.63) is 54.1 Å². The Morgan fingerprint density at radius 2 is 2.00 bits per heavy atom. The van der Waals surface area contributed by atoms with Crippen molar-refractivity contribution in [1.29, 1.82) is 0 Å². The molecule has 3 nitrogen and oxygen atoms in total. The van der Waals surface area contributed by atoms with Gasteiger partial charge in [-0.25, -0.2) is 4.98 Å². The highest BCUT2D eigenvalue weighted by atomic mass is 32.1. The number of aromatic nitrogens is 1. The molecular weight excluding hydrogens is 266 g/mol. The predicted molar refractivity (Wildman–Crippen MR) is 87.4 cm³/mol. The van der Waals surface area contributed by atoms with E-state index >= 15 is 0 Å². The van der Waals surface area contributed by atoms with Gasteiger partial charge >= 0.3 is 0 Å². The topological polar surface area (TPSA) is 50.9 Å². The van der Waals surface area contributed by atoms with Crippen LogP contribution in [0.25, 0.3) is 10.2 Å². The van der Waals surface area contributed by atoms with E-state index in [1.54, 1.807) is 11.3 Å². The van der Waals surface area contributed by atoms with E-state index < -0.39 is 0 Å². The van der Waals surface area contributed by atoms with Crippen molar-refractivity contribution in [3.63, 3.8) is 0 Å². The maximum atomic E-state index is 5.79. The van der Waals surface area contributed by atoms with Crippen molar-refractivity contribution in [1.82, 2.24) is 4.98 Å². The Morgan fingerprint density at radius 1 is 1.20 bits per heavy atom. The first kappa shape index (κ1) is 12.9. The van der Waals surface area contributed by atoms with E-state index in [-0.39, 0.29) is 0 Å². The minimum atomic E-state index is 0.452. The first-order chi connectivity index (χ1) is 9.72. The maximum Gasteiger partial charge on any atom is 0.183 e. The molecule has 3 N–H and O–H groups in total. The highest BCUT2D eigenvalue weighted by Crippen LogP contribution is 2.28. The van der Waals surface area contributed by atoms with E-state index in [0.29, 0.717) is 5.92 Å². The van der Waals surface area contributed by atoms with Crippen LogP contribution in [0, 0.1) is 0 Å². The second-order valence-electron chi connectivity index (χ2n) is 4.94. The van der Waals surface area contributed by atoms with Crippen molar-refractivity contribution in [2.45, 2.75) is 12.8 Å². The van der Waals surface area contributed by atoms with E-state index in [2.05, 4.69) is 41.5 Å². The standard InChI is InChI=1S/C16H17N3S/c1-11(12-5-3-2-4-6-12)10-18-16-19-14-8-7-13(17)9-15(14)20-16/h2-9,11H,10,17H2,1H3,(H,18,19). The summed E-state index contributed by atoms with van der Waals surface area (Å²) in [6.45, 7) is 3.09. The number of thiazole rings is 1. The number of nitrogens with zero attached hydrogens (tertiary/aromatic N) is 1. The number of nitrogen functional groups attached to an aromatic ring is 1. The van der Waals surface area contributed by atoms with Crippen LogP contribution in [-0.4, -0.2) is 11.5 Å². The number of hydrogen-bond acceptors (Lipinski definition) is 4. The van der Waals surface area contributed by atoms with Gasteiger partial charge in [0.25, 0.3) is 0 Å². The summed E-state index contributed by atoms with van der Waals surface area (Å²) in [6.07, 6.45) is 0. The highest BCUT2D eigenvalue weighted by Gasteiger charge is 2.07. The highest BCUT2D eigenvalue weighted by molar-refractivity contribution is 7.22. The van der Waals surface area contributed by atoms with Crippen LogP contribution in [0.4, 0.5) is 10.8 Å². The number of benzene rings is 2. The number of fused-ring (bicyclic) bond motifs is 1. The molecule has 1 aromatic heterocycles. The fourth-order valence-corrected chi connectivity index (χ4v) is 3.08. The zero-order chi connectivity index (χ0) is 13.9. The number of hydrogen-bond donors (Lipinski definition) is 2. The van der Waals surface area contributed by atoms with Crippen LogP contribution in [-0.2, 0) is 0 Å². The number of nitrogens with one attached hydrogen (secondary N) is 1. The Kier molecular flexibility index (Phi) is 3.56. The Bertz CT molecular complexity index is 706. The summed E-state index contributed by atoms with van der Waals surface area (Å²) in [5.74, 6) is 0.452. The average Bonchev–Trinajstić information content (AvgIpc) is 2.87. The van der Waals surface area contributed by atoms with E-state index in [4.69, 9.17) is 5.73 Å². The van der Waals surface area contributed by atoms with E-state index in [0.717, 1.165) is 27.6 Å². The quantitative estimate of drug-likeness (QED) is 0.709. The molecule has 0 aliphatic carbocycles. The van der Waals surface area contributed by atoms with Gasteiger partial charge in [0.05, 0.1) is 10.2 Å². The second-order valence-corrected chi connectivity index (χ2v) is 5.97. The summed E-state index contributed by atoms with van der Waals surface area (Å²) in [5.41, 5.74) is 8.91. The first-order valence-electron chi connectivity index (χ1n) is 6.67. The van der Waals surface area contributed by atoms with Crippen LogP contribution in [0.5, 0.6) is 0 Å². The number of nitrogens with two attached hydrogens (primary N) is 1. The zero-order valence-corrected chi connectivity index (χ0v) is 12.2. The molecule has 0 saturated heterocycles. The van der Waals surface area contributed by atoms with Crippen LogP contribution in [0.1, 0.15) is 18.4 Å². The van der Waals surface area contributed by atoms with Crippen molar-refractivity contribution in [2.75, 3.05) is 17.6 Å². The molecule has 0 fully saturated rings. The molecule has 0 amide bonds. The lowest BCUT2D eigenvalue weighted by Crippen LogP contribution is -2.09. The minimum absolute atomic E-state index is 0.452. The number of anilines is 2. The Labute approximate surface area is 122 Å². The molecule has 1 heterocycles. The Morgan fingerprint density at radius 3 is 2.80 bits per heavy atom. The van der Waals surface area contributed by atoms with E-state index in [1.807, 2.05) is 24.3 Å². The van der Waals surface area contributed by atoms with Crippen LogP contribution in [0.2, 0.25) is 0 Å². The summed E-state index contributed by atoms with van der Waals surface area (Å²) in [4.78, 5) is 4.57. The van der Waals surface area contributed by atoms with Crippen molar-refractivity contribution >= 4 is 32.4 Å². The van der Waals surface area contributed by atoms with Gasteiger partial charge in [0.2, 0.25) is 0 Å². The molecule has 0 aliphatic heterocycles. The normalized spacial score (nSPS) is 12.4. The van der Waals surface area contributed by atoms with Gasteiger partial charge in [-0.3, -0.25) is 0 Å². The summed E-state index contributed by atoms with van der Waals surface area (Å²) in [7, 11) is 0. The van der Waals surface area contributed by atoms with Gasteiger partial charge in [-0.15, -0.1) is 0 Å². The van der Waals surface area contributed by atoms with E-state index in [9.17, 15) is 0 Å². The zero-order valence-electron chi connectivity index (χ0n) is 11.3. The molecule has 0 saturated carbocycles. The molecule has 20 heavy (non-hydrogen) atoms. The van der Waals surface area contributed by atoms with Crippen molar-refractivity contribution in [2.24, 2.45) is 0 Å². The molecule has 1 unspecified atom stereocenters. The van der Waals surface area contributed by atoms with Crippen molar-refractivity contribution in [3.8, 4) is 0 Å². The lowest BCUT2D eigenvalue weighted by Gasteiger charge is -2.11. The van der Waals surface area contributed by atoms with Crippen LogP contribution < -0.4 is 11.1 Å². The minimum Gasteiger partial charge on any atom is -0.399 e. The largest absolute Gasteiger partial charge is 0.399 e. The third-order valence-corrected chi connectivity index (χ3v) is 4.32. The summed E-state index contributed by atoms with van der Waals surface area (Å²) < 4.78 is 1.12. The fraction of sp³-hybridized carbons (Fsp3) is 0.188. The maximum absolute atomic E-state index is 5.79.